The van der Waals surface area contributed by atoms with Gasteiger partial charge < -0.3 is 19.3 Å². The van der Waals surface area contributed by atoms with Gasteiger partial charge in [0.1, 0.15) is 0 Å². The van der Waals surface area contributed by atoms with E-state index in [4.69, 9.17) is 26.1 Å². The van der Waals surface area contributed by atoms with Gasteiger partial charge in [0.25, 0.3) is 0 Å². The normalized spacial score (nSPS) is 25.7. The van der Waals surface area contributed by atoms with Crippen LogP contribution in [0.1, 0.15) is 69.5 Å². The molecular weight excluding hydrogens is 510 g/mol. The van der Waals surface area contributed by atoms with Gasteiger partial charge in [-0.1, -0.05) is 80.8 Å². The van der Waals surface area contributed by atoms with Crippen LogP contribution in [0.15, 0.2) is 59.6 Å². The molecule has 0 amide bonds. The Balaban J connectivity index is 1.51. The highest BCUT2D eigenvalue weighted by atomic mass is 35.5. The van der Waals surface area contributed by atoms with Crippen molar-refractivity contribution in [2.45, 2.75) is 76.7 Å². The lowest BCUT2D eigenvalue weighted by molar-refractivity contribution is -0.0689. The second-order valence-corrected chi connectivity index (χ2v) is 12.3. The van der Waals surface area contributed by atoms with Crippen molar-refractivity contribution >= 4 is 24.1 Å². The number of rotatable bonds is 10. The van der Waals surface area contributed by atoms with E-state index in [9.17, 15) is 4.79 Å². The Morgan fingerprint density at radius 3 is 2.33 bits per heavy atom. The summed E-state index contributed by atoms with van der Waals surface area (Å²) in [5.41, 5.74) is 1.60. The van der Waals surface area contributed by atoms with Gasteiger partial charge in [-0.05, 0) is 74.4 Å². The molecule has 0 bridgehead atoms. The molecule has 2 aromatic carbocycles. The molecule has 1 fully saturated rings. The zero-order chi connectivity index (χ0) is 28.0. The van der Waals surface area contributed by atoms with Crippen molar-refractivity contribution in [2.24, 2.45) is 22.7 Å². The van der Waals surface area contributed by atoms with E-state index in [1.807, 2.05) is 24.5 Å². The van der Waals surface area contributed by atoms with Gasteiger partial charge in [-0.3, -0.25) is 0 Å². The van der Waals surface area contributed by atoms with Crippen molar-refractivity contribution in [3.8, 4) is 0 Å². The Morgan fingerprint density at radius 2 is 1.74 bits per heavy atom. The molecule has 0 saturated heterocycles. The fourth-order valence-electron chi connectivity index (χ4n) is 6.67. The fourth-order valence-corrected chi connectivity index (χ4v) is 6.79. The van der Waals surface area contributed by atoms with Gasteiger partial charge in [-0.2, -0.15) is 0 Å². The van der Waals surface area contributed by atoms with Crippen LogP contribution in [0, 0.1) is 17.8 Å². The number of carbonyl (C=O) groups is 1. The number of halogens is 1. The molecule has 3 atom stereocenters. The third-order valence-corrected chi connectivity index (χ3v) is 8.60. The number of hydrogen-bond acceptors (Lipinski definition) is 6. The number of nitrogens with zero attached hydrogens (tertiary/aromatic N) is 3. The number of benzene rings is 2. The molecule has 212 valence electrons. The van der Waals surface area contributed by atoms with Crippen LogP contribution in [0.5, 0.6) is 0 Å². The molecule has 7 heteroatoms. The molecule has 0 radical (unpaired) electrons. The molecular formula is C32H44ClN3O3. The Bertz CT molecular complexity index is 1080. The highest BCUT2D eigenvalue weighted by molar-refractivity contribution is 6.30. The van der Waals surface area contributed by atoms with Crippen LogP contribution in [0.25, 0.3) is 0 Å². The van der Waals surface area contributed by atoms with Gasteiger partial charge in [0.15, 0.2) is 0 Å². The molecule has 2 aromatic rings. The summed E-state index contributed by atoms with van der Waals surface area (Å²) in [5, 5.41) is 0.776. The van der Waals surface area contributed by atoms with Gasteiger partial charge in [0, 0.05) is 24.0 Å². The second kappa shape index (κ2) is 13.2. The summed E-state index contributed by atoms with van der Waals surface area (Å²) in [6, 6.07) is 19.1. The molecule has 1 aliphatic carbocycles. The largest absolute Gasteiger partial charge is 0.510 e. The molecule has 3 unspecified atom stereocenters. The van der Waals surface area contributed by atoms with Crippen LogP contribution < -0.4 is 0 Å². The SMILES string of the molecule is COC(=O)OC1(CC(C)C)N=CN(Cc2ccccc2)C1CC1CCC(C(c2ccc(Cl)cc2)N(C)C)CC1. The summed E-state index contributed by atoms with van der Waals surface area (Å²) in [7, 11) is 5.71. The average molecular weight is 554 g/mol. The minimum absolute atomic E-state index is 0.0401. The van der Waals surface area contributed by atoms with Crippen LogP contribution in [-0.4, -0.2) is 55.3 Å². The zero-order valence-electron chi connectivity index (χ0n) is 24.1. The first-order chi connectivity index (χ1) is 18.7. The highest BCUT2D eigenvalue weighted by Gasteiger charge is 2.50. The van der Waals surface area contributed by atoms with Gasteiger partial charge in [0.2, 0.25) is 5.72 Å². The van der Waals surface area contributed by atoms with Crippen LogP contribution in [0.3, 0.4) is 0 Å². The van der Waals surface area contributed by atoms with Crippen molar-refractivity contribution in [3.05, 3.63) is 70.7 Å². The van der Waals surface area contributed by atoms with E-state index in [0.29, 0.717) is 30.2 Å². The lowest BCUT2D eigenvalue weighted by Crippen LogP contribution is -2.50. The summed E-state index contributed by atoms with van der Waals surface area (Å²) < 4.78 is 11.0. The Morgan fingerprint density at radius 1 is 1.08 bits per heavy atom. The number of methoxy groups -OCH3 is 1. The first kappa shape index (κ1) is 29.4. The van der Waals surface area contributed by atoms with E-state index in [1.165, 1.54) is 18.2 Å². The van der Waals surface area contributed by atoms with Crippen LogP contribution >= 0.6 is 11.6 Å². The molecule has 1 aliphatic heterocycles. The maximum absolute atomic E-state index is 12.4. The van der Waals surface area contributed by atoms with Crippen LogP contribution in [0.4, 0.5) is 4.79 Å². The van der Waals surface area contributed by atoms with E-state index >= 15 is 0 Å². The predicted molar refractivity (Wildman–Crippen MR) is 158 cm³/mol. The third kappa shape index (κ3) is 7.34. The van der Waals surface area contributed by atoms with Crippen molar-refractivity contribution < 1.29 is 14.3 Å². The van der Waals surface area contributed by atoms with E-state index in [0.717, 1.165) is 43.7 Å². The molecule has 2 aliphatic rings. The highest BCUT2D eigenvalue weighted by Crippen LogP contribution is 2.44. The summed E-state index contributed by atoms with van der Waals surface area (Å²) >= 11 is 6.17. The number of aliphatic imine (C=N–C) groups is 1. The summed E-state index contributed by atoms with van der Waals surface area (Å²) in [4.78, 5) is 22.0. The van der Waals surface area contributed by atoms with Crippen molar-refractivity contribution in [2.75, 3.05) is 21.2 Å². The van der Waals surface area contributed by atoms with Gasteiger partial charge in [-0.25, -0.2) is 9.79 Å². The first-order valence-electron chi connectivity index (χ1n) is 14.2. The van der Waals surface area contributed by atoms with Crippen LogP contribution in [-0.2, 0) is 16.0 Å². The van der Waals surface area contributed by atoms with Gasteiger partial charge >= 0.3 is 6.16 Å². The van der Waals surface area contributed by atoms with Crippen molar-refractivity contribution in [3.63, 3.8) is 0 Å². The minimum atomic E-state index is -0.942. The van der Waals surface area contributed by atoms with E-state index < -0.39 is 11.9 Å². The molecule has 1 heterocycles. The summed E-state index contributed by atoms with van der Waals surface area (Å²) in [5.74, 6) is 1.43. The van der Waals surface area contributed by atoms with E-state index in [1.54, 1.807) is 0 Å². The quantitative estimate of drug-likeness (QED) is 0.284. The Labute approximate surface area is 239 Å². The molecule has 1 saturated carbocycles. The molecule has 0 N–H and O–H groups in total. The monoisotopic (exact) mass is 553 g/mol. The topological polar surface area (TPSA) is 54.4 Å². The van der Waals surface area contributed by atoms with E-state index in [-0.39, 0.29) is 6.04 Å². The Hall–Kier alpha value is -2.57. The van der Waals surface area contributed by atoms with Gasteiger partial charge in [-0.15, -0.1) is 0 Å². The minimum Gasteiger partial charge on any atom is -0.438 e. The number of carbonyl (C=O) groups excluding carboxylic acids is 1. The summed E-state index contributed by atoms with van der Waals surface area (Å²) in [6.45, 7) is 5.03. The second-order valence-electron chi connectivity index (χ2n) is 11.9. The smallest absolute Gasteiger partial charge is 0.438 e. The molecule has 0 aromatic heterocycles. The molecule has 0 spiro atoms. The van der Waals surface area contributed by atoms with Crippen molar-refractivity contribution in [1.29, 1.82) is 0 Å². The first-order valence-corrected chi connectivity index (χ1v) is 14.6. The summed E-state index contributed by atoms with van der Waals surface area (Å²) in [6.07, 6.45) is 7.44. The Kier molecular flexibility index (Phi) is 9.95. The number of hydrogen-bond donors (Lipinski definition) is 0. The maximum Gasteiger partial charge on any atom is 0.510 e. The van der Waals surface area contributed by atoms with E-state index in [2.05, 4.69) is 74.1 Å². The zero-order valence-corrected chi connectivity index (χ0v) is 24.8. The van der Waals surface area contributed by atoms with Crippen LogP contribution in [0.2, 0.25) is 5.02 Å². The molecule has 6 nitrogen and oxygen atoms in total. The number of ether oxygens (including phenoxy) is 2. The lowest BCUT2D eigenvalue weighted by atomic mass is 9.73. The average Bonchev–Trinajstić information content (AvgIpc) is 3.21. The van der Waals surface area contributed by atoms with Gasteiger partial charge in [0.05, 0.1) is 19.5 Å². The maximum atomic E-state index is 12.4. The fraction of sp³-hybridized carbons (Fsp3) is 0.562. The third-order valence-electron chi connectivity index (χ3n) is 8.34. The predicted octanol–water partition coefficient (Wildman–Crippen LogP) is 7.58. The standard InChI is InChI=1S/C32H44ClN3O3/c1-23(2)20-32(39-31(37)38-5)29(36(22-34-32)21-25-9-7-6-8-10-25)19-24-11-13-26(14-12-24)30(35(3)4)27-15-17-28(33)18-16-27/h6-10,15-18,22-24,26,29-30H,11-14,19-21H2,1-5H3. The van der Waals surface area contributed by atoms with Crippen molar-refractivity contribution in [1.82, 2.24) is 9.80 Å². The molecule has 4 rings (SSSR count). The lowest BCUT2D eigenvalue weighted by Gasteiger charge is -2.42. The molecule has 39 heavy (non-hydrogen) atoms.